The van der Waals surface area contributed by atoms with Crippen molar-refractivity contribution in [2.45, 2.75) is 4.90 Å². The molecule has 0 radical (unpaired) electrons. The number of nitrogens with zero attached hydrogens (tertiary/aromatic N) is 1. The van der Waals surface area contributed by atoms with Crippen LogP contribution in [0.2, 0.25) is 5.02 Å². The second-order valence-electron chi connectivity index (χ2n) is 3.83. The summed E-state index contributed by atoms with van der Waals surface area (Å²) in [7, 11) is -2.28. The summed E-state index contributed by atoms with van der Waals surface area (Å²) in [5.74, 6) is -0.403. The number of benzene rings is 1. The van der Waals surface area contributed by atoms with E-state index in [1.807, 2.05) is 0 Å². The number of hydrogen-bond acceptors (Lipinski definition) is 4. The van der Waals surface area contributed by atoms with E-state index in [0.717, 1.165) is 6.07 Å². The highest BCUT2D eigenvalue weighted by molar-refractivity contribution is 7.92. The molecular weight excluding hydrogens is 305 g/mol. The zero-order valence-corrected chi connectivity index (χ0v) is 12.0. The smallest absolute Gasteiger partial charge is 0.265 e. The van der Waals surface area contributed by atoms with Gasteiger partial charge in [-0.25, -0.2) is 17.8 Å². The number of anilines is 2. The molecule has 0 aliphatic carbocycles. The number of rotatable bonds is 4. The van der Waals surface area contributed by atoms with Crippen molar-refractivity contribution in [2.75, 3.05) is 17.1 Å². The first kappa shape index (κ1) is 14.5. The Kier molecular flexibility index (Phi) is 4.10. The lowest BCUT2D eigenvalue weighted by molar-refractivity contribution is 0.601. The summed E-state index contributed by atoms with van der Waals surface area (Å²) in [5, 5.41) is 2.53. The molecule has 0 amide bonds. The highest BCUT2D eigenvalue weighted by Crippen LogP contribution is 2.24. The van der Waals surface area contributed by atoms with Gasteiger partial charge in [-0.15, -0.1) is 0 Å². The zero-order chi connectivity index (χ0) is 14.8. The Morgan fingerprint density at radius 1 is 1.30 bits per heavy atom. The van der Waals surface area contributed by atoms with Crippen molar-refractivity contribution < 1.29 is 12.8 Å². The summed E-state index contributed by atoms with van der Waals surface area (Å²) >= 11 is 5.61. The zero-order valence-electron chi connectivity index (χ0n) is 10.4. The Labute approximate surface area is 120 Å². The molecule has 0 saturated carbocycles. The number of halogens is 2. The van der Waals surface area contributed by atoms with E-state index in [1.54, 1.807) is 7.05 Å². The molecule has 2 aromatic rings. The van der Waals surface area contributed by atoms with E-state index in [4.69, 9.17) is 11.6 Å². The van der Waals surface area contributed by atoms with Gasteiger partial charge in [0.2, 0.25) is 0 Å². The lowest BCUT2D eigenvalue weighted by atomic mass is 10.3. The van der Waals surface area contributed by atoms with Crippen molar-refractivity contribution in [1.82, 2.24) is 4.98 Å². The summed E-state index contributed by atoms with van der Waals surface area (Å²) in [6.45, 7) is 0. The van der Waals surface area contributed by atoms with E-state index in [-0.39, 0.29) is 21.4 Å². The standard InChI is InChI=1S/C12H11ClFN3O2S/c1-15-12-11(3-2-6-16-12)20(18,19)17-8-4-5-10(14)9(13)7-8/h2-7,17H,1H3,(H,15,16). The molecule has 106 valence electrons. The second kappa shape index (κ2) is 5.64. The quantitative estimate of drug-likeness (QED) is 0.910. The molecule has 0 unspecified atom stereocenters. The summed E-state index contributed by atoms with van der Waals surface area (Å²) in [5.41, 5.74) is 0.169. The molecule has 0 atom stereocenters. The fourth-order valence-electron chi connectivity index (χ4n) is 1.56. The minimum Gasteiger partial charge on any atom is -0.372 e. The molecule has 1 aromatic carbocycles. The van der Waals surface area contributed by atoms with Gasteiger partial charge in [0.1, 0.15) is 16.5 Å². The lowest BCUT2D eigenvalue weighted by Gasteiger charge is -2.11. The molecule has 8 heteroatoms. The van der Waals surface area contributed by atoms with E-state index in [2.05, 4.69) is 15.0 Å². The predicted octanol–water partition coefficient (Wildman–Crippen LogP) is 2.72. The summed E-state index contributed by atoms with van der Waals surface area (Å²) in [4.78, 5) is 3.91. The molecule has 0 bridgehead atoms. The molecule has 0 spiro atoms. The van der Waals surface area contributed by atoms with Gasteiger partial charge in [-0.1, -0.05) is 11.6 Å². The largest absolute Gasteiger partial charge is 0.372 e. The first-order chi connectivity index (χ1) is 9.44. The summed E-state index contributed by atoms with van der Waals surface area (Å²) < 4.78 is 39.9. The average molecular weight is 316 g/mol. The molecule has 0 saturated heterocycles. The molecule has 2 rings (SSSR count). The van der Waals surface area contributed by atoms with Crippen molar-refractivity contribution in [3.05, 3.63) is 47.4 Å². The Morgan fingerprint density at radius 2 is 2.05 bits per heavy atom. The van der Waals surface area contributed by atoms with Crippen molar-refractivity contribution in [1.29, 1.82) is 0 Å². The van der Waals surface area contributed by atoms with E-state index in [1.165, 1.54) is 30.5 Å². The van der Waals surface area contributed by atoms with Crippen molar-refractivity contribution >= 4 is 33.1 Å². The van der Waals surface area contributed by atoms with Gasteiger partial charge in [-0.2, -0.15) is 0 Å². The van der Waals surface area contributed by atoms with Crippen LogP contribution >= 0.6 is 11.6 Å². The van der Waals surface area contributed by atoms with Gasteiger partial charge in [0.15, 0.2) is 0 Å². The second-order valence-corrected chi connectivity index (χ2v) is 5.89. The summed E-state index contributed by atoms with van der Waals surface area (Å²) in [6, 6.07) is 6.49. The topological polar surface area (TPSA) is 71.1 Å². The molecule has 0 aliphatic rings. The molecule has 1 heterocycles. The Morgan fingerprint density at radius 3 is 2.70 bits per heavy atom. The molecule has 20 heavy (non-hydrogen) atoms. The number of aromatic nitrogens is 1. The SMILES string of the molecule is CNc1ncccc1S(=O)(=O)Nc1ccc(F)c(Cl)c1. The molecule has 0 fully saturated rings. The monoisotopic (exact) mass is 315 g/mol. The van der Waals surface area contributed by atoms with Crippen molar-refractivity contribution in [3.8, 4) is 0 Å². The maximum atomic E-state index is 13.0. The molecule has 0 aliphatic heterocycles. The third kappa shape index (κ3) is 3.00. The van der Waals surface area contributed by atoms with Crippen LogP contribution in [0, 0.1) is 5.82 Å². The fourth-order valence-corrected chi connectivity index (χ4v) is 2.96. The first-order valence-electron chi connectivity index (χ1n) is 5.54. The molecular formula is C12H11ClFN3O2S. The van der Waals surface area contributed by atoms with E-state index in [9.17, 15) is 12.8 Å². The van der Waals surface area contributed by atoms with Crippen LogP contribution in [0.5, 0.6) is 0 Å². The van der Waals surface area contributed by atoms with Gasteiger partial charge >= 0.3 is 0 Å². The van der Waals surface area contributed by atoms with Crippen LogP contribution in [0.4, 0.5) is 15.9 Å². The first-order valence-corrected chi connectivity index (χ1v) is 7.41. The van der Waals surface area contributed by atoms with E-state index >= 15 is 0 Å². The normalized spacial score (nSPS) is 11.2. The van der Waals surface area contributed by atoms with Crippen LogP contribution in [0.3, 0.4) is 0 Å². The van der Waals surface area contributed by atoms with Crippen LogP contribution < -0.4 is 10.0 Å². The van der Waals surface area contributed by atoms with Gasteiger partial charge in [-0.05, 0) is 30.3 Å². The number of sulfonamides is 1. The Hall–Kier alpha value is -1.86. The fraction of sp³-hybridized carbons (Fsp3) is 0.0833. The van der Waals surface area contributed by atoms with Gasteiger partial charge in [0.05, 0.1) is 10.7 Å². The number of nitrogens with one attached hydrogen (secondary N) is 2. The Balaban J connectivity index is 2.38. The number of pyridine rings is 1. The van der Waals surface area contributed by atoms with E-state index < -0.39 is 15.8 Å². The number of hydrogen-bond donors (Lipinski definition) is 2. The predicted molar refractivity (Wildman–Crippen MR) is 76.0 cm³/mol. The van der Waals surface area contributed by atoms with Crippen molar-refractivity contribution in [3.63, 3.8) is 0 Å². The molecule has 2 N–H and O–H groups in total. The third-order valence-electron chi connectivity index (χ3n) is 2.47. The minimum absolute atomic E-state index is 0.0112. The molecule has 1 aromatic heterocycles. The van der Waals surface area contributed by atoms with Gasteiger partial charge in [0.25, 0.3) is 10.0 Å². The lowest BCUT2D eigenvalue weighted by Crippen LogP contribution is -2.15. The highest BCUT2D eigenvalue weighted by Gasteiger charge is 2.19. The third-order valence-corrected chi connectivity index (χ3v) is 4.17. The highest BCUT2D eigenvalue weighted by atomic mass is 35.5. The van der Waals surface area contributed by atoms with Crippen LogP contribution in [0.25, 0.3) is 0 Å². The summed E-state index contributed by atoms with van der Waals surface area (Å²) in [6.07, 6.45) is 1.47. The Bertz CT molecular complexity index is 737. The van der Waals surface area contributed by atoms with Crippen LogP contribution in [0.1, 0.15) is 0 Å². The van der Waals surface area contributed by atoms with Crippen LogP contribution in [0.15, 0.2) is 41.4 Å². The maximum absolute atomic E-state index is 13.0. The van der Waals surface area contributed by atoms with Gasteiger partial charge in [0, 0.05) is 13.2 Å². The van der Waals surface area contributed by atoms with Crippen LogP contribution in [-0.4, -0.2) is 20.4 Å². The maximum Gasteiger partial charge on any atom is 0.265 e. The van der Waals surface area contributed by atoms with Gasteiger partial charge in [-0.3, -0.25) is 4.72 Å². The van der Waals surface area contributed by atoms with E-state index in [0.29, 0.717) is 0 Å². The van der Waals surface area contributed by atoms with Crippen LogP contribution in [-0.2, 0) is 10.0 Å². The molecule has 5 nitrogen and oxygen atoms in total. The minimum atomic E-state index is -3.84. The van der Waals surface area contributed by atoms with Crippen molar-refractivity contribution in [2.24, 2.45) is 0 Å². The average Bonchev–Trinajstić information content (AvgIpc) is 2.42. The van der Waals surface area contributed by atoms with Gasteiger partial charge < -0.3 is 5.32 Å².